The van der Waals surface area contributed by atoms with E-state index in [0.29, 0.717) is 0 Å². The summed E-state index contributed by atoms with van der Waals surface area (Å²) in [5.74, 6) is 1.01. The van der Waals surface area contributed by atoms with Gasteiger partial charge in [-0.05, 0) is 44.7 Å². The smallest absolute Gasteiger partial charge is 0.136 e. The third-order valence-corrected chi connectivity index (χ3v) is 4.40. The second-order valence-corrected chi connectivity index (χ2v) is 6.00. The van der Waals surface area contributed by atoms with E-state index < -0.39 is 0 Å². The van der Waals surface area contributed by atoms with E-state index in [1.54, 1.807) is 0 Å². The highest BCUT2D eigenvalue weighted by Gasteiger charge is 2.17. The van der Waals surface area contributed by atoms with Gasteiger partial charge in [0.05, 0.1) is 0 Å². The lowest BCUT2D eigenvalue weighted by atomic mass is 10.2. The molecule has 0 unspecified atom stereocenters. The second kappa shape index (κ2) is 6.00. The highest BCUT2D eigenvalue weighted by atomic mass is 15.2. The number of aromatic nitrogens is 2. The SMILES string of the molecule is Cc1cc(CN2CCN(C)CC2)c(C)n1-c1ccccn1. The zero-order valence-electron chi connectivity index (χ0n) is 13.2. The summed E-state index contributed by atoms with van der Waals surface area (Å²) < 4.78 is 2.26. The predicted molar refractivity (Wildman–Crippen MR) is 85.8 cm³/mol. The molecule has 4 nitrogen and oxygen atoms in total. The monoisotopic (exact) mass is 284 g/mol. The van der Waals surface area contributed by atoms with Gasteiger partial charge in [0.1, 0.15) is 5.82 Å². The molecule has 0 spiro atoms. The minimum absolute atomic E-state index is 1.01. The Kier molecular flexibility index (Phi) is 4.08. The van der Waals surface area contributed by atoms with Crippen molar-refractivity contribution in [1.29, 1.82) is 0 Å². The maximum absolute atomic E-state index is 4.48. The van der Waals surface area contributed by atoms with Gasteiger partial charge >= 0.3 is 0 Å². The molecule has 0 aliphatic carbocycles. The average molecular weight is 284 g/mol. The van der Waals surface area contributed by atoms with Crippen LogP contribution in [0.1, 0.15) is 17.0 Å². The molecule has 0 N–H and O–H groups in total. The summed E-state index contributed by atoms with van der Waals surface area (Å²) in [6.45, 7) is 10.0. The molecule has 0 radical (unpaired) electrons. The number of pyridine rings is 1. The van der Waals surface area contributed by atoms with Crippen molar-refractivity contribution in [2.24, 2.45) is 0 Å². The summed E-state index contributed by atoms with van der Waals surface area (Å²) >= 11 is 0. The molecule has 1 aliphatic rings. The zero-order valence-corrected chi connectivity index (χ0v) is 13.2. The van der Waals surface area contributed by atoms with E-state index in [2.05, 4.69) is 52.4 Å². The molecule has 4 heteroatoms. The molecule has 3 heterocycles. The van der Waals surface area contributed by atoms with Crippen LogP contribution in [0, 0.1) is 13.8 Å². The lowest BCUT2D eigenvalue weighted by Gasteiger charge is -2.32. The molecule has 21 heavy (non-hydrogen) atoms. The normalized spacial score (nSPS) is 17.3. The van der Waals surface area contributed by atoms with Crippen LogP contribution in [0.5, 0.6) is 0 Å². The molecule has 0 atom stereocenters. The molecule has 0 bridgehead atoms. The number of likely N-dealkylation sites (N-methyl/N-ethyl adjacent to an activating group) is 1. The van der Waals surface area contributed by atoms with Gasteiger partial charge in [-0.25, -0.2) is 4.98 Å². The summed E-state index contributed by atoms with van der Waals surface area (Å²) in [7, 11) is 2.20. The first-order chi connectivity index (χ1) is 10.1. The summed E-state index contributed by atoms with van der Waals surface area (Å²) in [4.78, 5) is 9.43. The summed E-state index contributed by atoms with van der Waals surface area (Å²) in [6.07, 6.45) is 1.86. The first-order valence-corrected chi connectivity index (χ1v) is 7.65. The Balaban J connectivity index is 1.82. The van der Waals surface area contributed by atoms with E-state index in [4.69, 9.17) is 0 Å². The standard InChI is InChI=1S/C17H24N4/c1-14-12-16(13-20-10-8-19(3)9-11-20)15(2)21(14)17-6-4-5-7-18-17/h4-7,12H,8-11,13H2,1-3H3. The van der Waals surface area contributed by atoms with E-state index in [1.807, 2.05) is 18.3 Å². The van der Waals surface area contributed by atoms with Crippen molar-refractivity contribution < 1.29 is 0 Å². The van der Waals surface area contributed by atoms with Crippen LogP contribution in [0.25, 0.3) is 5.82 Å². The number of hydrogen-bond donors (Lipinski definition) is 0. The van der Waals surface area contributed by atoms with E-state index in [-0.39, 0.29) is 0 Å². The Labute approximate surface area is 127 Å². The Bertz CT molecular complexity index is 595. The summed E-state index contributed by atoms with van der Waals surface area (Å²) in [5.41, 5.74) is 3.99. The van der Waals surface area contributed by atoms with E-state index in [1.165, 1.54) is 30.0 Å². The van der Waals surface area contributed by atoms with Crippen LogP contribution in [-0.4, -0.2) is 52.6 Å². The zero-order chi connectivity index (χ0) is 14.8. The summed E-state index contributed by atoms with van der Waals surface area (Å²) in [5, 5.41) is 0. The number of piperazine rings is 1. The fraction of sp³-hybridized carbons (Fsp3) is 0.471. The highest BCUT2D eigenvalue weighted by Crippen LogP contribution is 2.21. The van der Waals surface area contributed by atoms with Crippen LogP contribution in [0.3, 0.4) is 0 Å². The molecule has 112 valence electrons. The van der Waals surface area contributed by atoms with Gasteiger partial charge in [-0.3, -0.25) is 4.90 Å². The van der Waals surface area contributed by atoms with Crippen LogP contribution in [0.4, 0.5) is 0 Å². The Morgan fingerprint density at radius 2 is 1.86 bits per heavy atom. The Hall–Kier alpha value is -1.65. The van der Waals surface area contributed by atoms with Gasteiger partial charge in [0.15, 0.2) is 0 Å². The second-order valence-electron chi connectivity index (χ2n) is 6.00. The topological polar surface area (TPSA) is 24.3 Å². The molecule has 1 saturated heterocycles. The first-order valence-electron chi connectivity index (χ1n) is 7.65. The van der Waals surface area contributed by atoms with Crippen LogP contribution >= 0.6 is 0 Å². The van der Waals surface area contributed by atoms with E-state index in [0.717, 1.165) is 25.5 Å². The molecule has 1 fully saturated rings. The fourth-order valence-electron chi connectivity index (χ4n) is 3.07. The molecule has 2 aromatic rings. The third-order valence-electron chi connectivity index (χ3n) is 4.40. The van der Waals surface area contributed by atoms with Gasteiger partial charge in [0.25, 0.3) is 0 Å². The van der Waals surface area contributed by atoms with Crippen molar-refractivity contribution in [3.63, 3.8) is 0 Å². The van der Waals surface area contributed by atoms with Crippen LogP contribution in [0.2, 0.25) is 0 Å². The van der Waals surface area contributed by atoms with Crippen molar-refractivity contribution in [2.75, 3.05) is 33.2 Å². The van der Waals surface area contributed by atoms with Gasteiger partial charge in [-0.15, -0.1) is 0 Å². The van der Waals surface area contributed by atoms with Crippen molar-refractivity contribution in [2.45, 2.75) is 20.4 Å². The largest absolute Gasteiger partial charge is 0.304 e. The number of nitrogens with zero attached hydrogens (tertiary/aromatic N) is 4. The molecule has 2 aromatic heterocycles. The maximum atomic E-state index is 4.48. The van der Waals surface area contributed by atoms with E-state index >= 15 is 0 Å². The van der Waals surface area contributed by atoms with Crippen LogP contribution in [-0.2, 0) is 6.54 Å². The minimum atomic E-state index is 1.01. The van der Waals surface area contributed by atoms with Gasteiger partial charge < -0.3 is 9.47 Å². The molecular weight excluding hydrogens is 260 g/mol. The Morgan fingerprint density at radius 3 is 2.52 bits per heavy atom. The van der Waals surface area contributed by atoms with Crippen LogP contribution < -0.4 is 0 Å². The summed E-state index contributed by atoms with van der Waals surface area (Å²) in [6, 6.07) is 8.38. The number of rotatable bonds is 3. The van der Waals surface area contributed by atoms with Crippen molar-refractivity contribution in [3.8, 4) is 5.82 Å². The fourth-order valence-corrected chi connectivity index (χ4v) is 3.07. The maximum Gasteiger partial charge on any atom is 0.136 e. The number of hydrogen-bond acceptors (Lipinski definition) is 3. The average Bonchev–Trinajstić information content (AvgIpc) is 2.77. The van der Waals surface area contributed by atoms with Crippen molar-refractivity contribution in [1.82, 2.24) is 19.4 Å². The molecule has 3 rings (SSSR count). The van der Waals surface area contributed by atoms with Gasteiger partial charge in [-0.2, -0.15) is 0 Å². The third kappa shape index (κ3) is 3.01. The molecule has 0 aromatic carbocycles. The number of aryl methyl sites for hydroxylation is 1. The quantitative estimate of drug-likeness (QED) is 0.864. The van der Waals surface area contributed by atoms with Crippen LogP contribution in [0.15, 0.2) is 30.5 Å². The lowest BCUT2D eigenvalue weighted by molar-refractivity contribution is 0.148. The molecule has 1 aliphatic heterocycles. The van der Waals surface area contributed by atoms with Crippen molar-refractivity contribution in [3.05, 3.63) is 47.4 Å². The van der Waals surface area contributed by atoms with Gasteiger partial charge in [0, 0.05) is 50.3 Å². The van der Waals surface area contributed by atoms with Gasteiger partial charge in [0.2, 0.25) is 0 Å². The molecule has 0 amide bonds. The predicted octanol–water partition coefficient (Wildman–Crippen LogP) is 2.24. The first kappa shape index (κ1) is 14.3. The molecular formula is C17H24N4. The Morgan fingerprint density at radius 1 is 1.10 bits per heavy atom. The van der Waals surface area contributed by atoms with Crippen molar-refractivity contribution >= 4 is 0 Å². The lowest BCUT2D eigenvalue weighted by Crippen LogP contribution is -2.43. The highest BCUT2D eigenvalue weighted by molar-refractivity contribution is 5.36. The van der Waals surface area contributed by atoms with Gasteiger partial charge in [-0.1, -0.05) is 6.07 Å². The molecule has 0 saturated carbocycles. The van der Waals surface area contributed by atoms with E-state index in [9.17, 15) is 0 Å². The minimum Gasteiger partial charge on any atom is -0.304 e.